The second-order valence-corrected chi connectivity index (χ2v) is 7.17. The first-order valence-corrected chi connectivity index (χ1v) is 9.71. The molecule has 0 radical (unpaired) electrons. The zero-order valence-corrected chi connectivity index (χ0v) is 16.4. The summed E-state index contributed by atoms with van der Waals surface area (Å²) in [6.07, 6.45) is -0.708. The molecule has 1 aromatic heterocycles. The van der Waals surface area contributed by atoms with Crippen molar-refractivity contribution in [1.29, 1.82) is 0 Å². The van der Waals surface area contributed by atoms with Crippen molar-refractivity contribution in [3.63, 3.8) is 0 Å². The van der Waals surface area contributed by atoms with Gasteiger partial charge in [-0.2, -0.15) is 0 Å². The lowest BCUT2D eigenvalue weighted by Crippen LogP contribution is -2.47. The number of thiazole rings is 1. The molecule has 3 aromatic rings. The normalized spacial score (nSPS) is 11.8. The molecule has 0 aliphatic heterocycles. The number of aromatic nitrogens is 1. The SMILES string of the molecule is Cc1csc(=O)n1CCC(=O)NNC(=O)C(C)Oc1ccc2ccccc2c1. The highest BCUT2D eigenvalue weighted by Crippen LogP contribution is 2.21. The van der Waals surface area contributed by atoms with Crippen molar-refractivity contribution in [2.24, 2.45) is 0 Å². The maximum absolute atomic E-state index is 12.2. The van der Waals surface area contributed by atoms with Gasteiger partial charge in [-0.25, -0.2) is 0 Å². The molecule has 0 saturated carbocycles. The van der Waals surface area contributed by atoms with Gasteiger partial charge in [0.05, 0.1) is 0 Å². The molecule has 1 heterocycles. The molecule has 0 saturated heterocycles. The third-order valence-corrected chi connectivity index (χ3v) is 5.15. The number of nitrogens with one attached hydrogen (secondary N) is 2. The van der Waals surface area contributed by atoms with Crippen LogP contribution in [-0.2, 0) is 16.1 Å². The summed E-state index contributed by atoms with van der Waals surface area (Å²) in [7, 11) is 0. The maximum atomic E-state index is 12.2. The van der Waals surface area contributed by atoms with E-state index in [1.807, 2.05) is 43.3 Å². The number of hydrazine groups is 1. The first kappa shape index (κ1) is 19.6. The smallest absolute Gasteiger partial charge is 0.307 e. The summed E-state index contributed by atoms with van der Waals surface area (Å²) in [5.74, 6) is -0.283. The van der Waals surface area contributed by atoms with Crippen molar-refractivity contribution in [1.82, 2.24) is 15.4 Å². The molecule has 3 rings (SSSR count). The molecule has 7 nitrogen and oxygen atoms in total. The minimum Gasteiger partial charge on any atom is -0.481 e. The lowest BCUT2D eigenvalue weighted by molar-refractivity contribution is -0.132. The Bertz CT molecular complexity index is 1060. The van der Waals surface area contributed by atoms with Crippen LogP contribution in [0.1, 0.15) is 19.0 Å². The average molecular weight is 399 g/mol. The quantitative estimate of drug-likeness (QED) is 0.623. The molecule has 2 N–H and O–H groups in total. The number of carbonyl (C=O) groups is 2. The van der Waals surface area contributed by atoms with Gasteiger partial charge in [-0.3, -0.25) is 25.2 Å². The van der Waals surface area contributed by atoms with Crippen molar-refractivity contribution >= 4 is 33.9 Å². The zero-order chi connectivity index (χ0) is 20.1. The number of ether oxygens (including phenoxy) is 1. The Hall–Kier alpha value is -3.13. The van der Waals surface area contributed by atoms with Crippen LogP contribution in [0.4, 0.5) is 0 Å². The number of hydrogen-bond donors (Lipinski definition) is 2. The van der Waals surface area contributed by atoms with E-state index in [0.717, 1.165) is 27.8 Å². The van der Waals surface area contributed by atoms with E-state index in [1.165, 1.54) is 4.57 Å². The molecule has 8 heteroatoms. The van der Waals surface area contributed by atoms with Gasteiger partial charge in [-0.15, -0.1) is 0 Å². The molecule has 0 fully saturated rings. The second-order valence-electron chi connectivity index (χ2n) is 6.35. The highest BCUT2D eigenvalue weighted by Gasteiger charge is 2.16. The van der Waals surface area contributed by atoms with E-state index in [0.29, 0.717) is 5.75 Å². The summed E-state index contributed by atoms with van der Waals surface area (Å²) in [5.41, 5.74) is 5.51. The standard InChI is InChI=1S/C20H21N3O4S/c1-13-12-28-20(26)23(13)10-9-18(24)21-22-19(25)14(2)27-17-8-7-15-5-3-4-6-16(15)11-17/h3-8,11-12,14H,9-10H2,1-2H3,(H,21,24)(H,22,25). The van der Waals surface area contributed by atoms with Crippen LogP contribution in [0.2, 0.25) is 0 Å². The molecule has 1 unspecified atom stereocenters. The summed E-state index contributed by atoms with van der Waals surface area (Å²) in [4.78, 5) is 35.6. The van der Waals surface area contributed by atoms with Crippen LogP contribution in [0.15, 0.2) is 52.6 Å². The van der Waals surface area contributed by atoms with Gasteiger partial charge in [0.2, 0.25) is 5.91 Å². The number of benzene rings is 2. The topological polar surface area (TPSA) is 89.4 Å². The van der Waals surface area contributed by atoms with Gasteiger partial charge in [-0.05, 0) is 36.8 Å². The number of amides is 2. The van der Waals surface area contributed by atoms with Crippen LogP contribution in [-0.4, -0.2) is 22.5 Å². The number of fused-ring (bicyclic) bond motifs is 1. The molecule has 0 aliphatic carbocycles. The summed E-state index contributed by atoms with van der Waals surface area (Å²) in [5, 5.41) is 3.84. The van der Waals surface area contributed by atoms with Crippen LogP contribution in [0.3, 0.4) is 0 Å². The number of aryl methyl sites for hydroxylation is 1. The Labute approximate surface area is 165 Å². The molecule has 2 aromatic carbocycles. The fourth-order valence-corrected chi connectivity index (χ4v) is 3.44. The Balaban J connectivity index is 1.48. The number of carbonyl (C=O) groups excluding carboxylic acids is 2. The number of rotatable bonds is 6. The van der Waals surface area contributed by atoms with Gasteiger partial charge in [0.1, 0.15) is 5.75 Å². The van der Waals surface area contributed by atoms with Crippen LogP contribution < -0.4 is 20.5 Å². The summed E-state index contributed by atoms with van der Waals surface area (Å²) >= 11 is 1.10. The fourth-order valence-electron chi connectivity index (χ4n) is 2.68. The van der Waals surface area contributed by atoms with Gasteiger partial charge < -0.3 is 9.30 Å². The predicted molar refractivity (Wildman–Crippen MR) is 108 cm³/mol. The average Bonchev–Trinajstić information content (AvgIpc) is 3.01. The first-order valence-electron chi connectivity index (χ1n) is 8.83. The van der Waals surface area contributed by atoms with E-state index in [9.17, 15) is 14.4 Å². The van der Waals surface area contributed by atoms with E-state index in [2.05, 4.69) is 10.9 Å². The molecule has 1 atom stereocenters. The molecule has 0 aliphatic rings. The van der Waals surface area contributed by atoms with Gasteiger partial charge in [0.15, 0.2) is 6.10 Å². The molecule has 28 heavy (non-hydrogen) atoms. The highest BCUT2D eigenvalue weighted by atomic mass is 32.1. The number of hydrogen-bond acceptors (Lipinski definition) is 5. The van der Waals surface area contributed by atoms with Gasteiger partial charge in [0, 0.05) is 24.0 Å². The maximum Gasteiger partial charge on any atom is 0.307 e. The van der Waals surface area contributed by atoms with Crippen LogP contribution >= 0.6 is 11.3 Å². The number of nitrogens with zero attached hydrogens (tertiary/aromatic N) is 1. The third-order valence-electron chi connectivity index (χ3n) is 4.27. The molecule has 0 spiro atoms. The van der Waals surface area contributed by atoms with Gasteiger partial charge in [-0.1, -0.05) is 41.7 Å². The summed E-state index contributed by atoms with van der Waals surface area (Å²) in [6.45, 7) is 3.67. The van der Waals surface area contributed by atoms with Crippen molar-refractivity contribution in [2.45, 2.75) is 32.9 Å². The van der Waals surface area contributed by atoms with Crippen LogP contribution in [0.25, 0.3) is 10.8 Å². The minimum atomic E-state index is -0.789. The lowest BCUT2D eigenvalue weighted by atomic mass is 10.1. The Morgan fingerprint density at radius 1 is 1.14 bits per heavy atom. The van der Waals surface area contributed by atoms with Crippen LogP contribution in [0.5, 0.6) is 5.75 Å². The Morgan fingerprint density at radius 2 is 1.89 bits per heavy atom. The molecular weight excluding hydrogens is 378 g/mol. The highest BCUT2D eigenvalue weighted by molar-refractivity contribution is 7.07. The lowest BCUT2D eigenvalue weighted by Gasteiger charge is -2.15. The fraction of sp³-hybridized carbons (Fsp3) is 0.250. The molecule has 2 amide bonds. The first-order chi connectivity index (χ1) is 13.4. The van der Waals surface area contributed by atoms with Crippen molar-refractivity contribution in [2.75, 3.05) is 0 Å². The third kappa shape index (κ3) is 4.77. The monoisotopic (exact) mass is 399 g/mol. The second kappa shape index (κ2) is 8.71. The van der Waals surface area contributed by atoms with E-state index in [4.69, 9.17) is 4.74 Å². The molecule has 0 bridgehead atoms. The summed E-state index contributed by atoms with van der Waals surface area (Å²) in [6, 6.07) is 13.4. The molecule has 146 valence electrons. The summed E-state index contributed by atoms with van der Waals surface area (Å²) < 4.78 is 7.18. The Kier molecular flexibility index (Phi) is 6.10. The van der Waals surface area contributed by atoms with Gasteiger partial charge in [0.25, 0.3) is 5.91 Å². The van der Waals surface area contributed by atoms with Crippen molar-refractivity contribution < 1.29 is 14.3 Å². The van der Waals surface area contributed by atoms with E-state index in [-0.39, 0.29) is 23.7 Å². The van der Waals surface area contributed by atoms with E-state index < -0.39 is 12.0 Å². The van der Waals surface area contributed by atoms with Crippen LogP contribution in [0, 0.1) is 6.92 Å². The van der Waals surface area contributed by atoms with E-state index in [1.54, 1.807) is 18.4 Å². The van der Waals surface area contributed by atoms with Crippen molar-refractivity contribution in [3.8, 4) is 5.75 Å². The predicted octanol–water partition coefficient (Wildman–Crippen LogP) is 2.38. The molecular formula is C20H21N3O4S. The minimum absolute atomic E-state index is 0.0810. The largest absolute Gasteiger partial charge is 0.481 e. The zero-order valence-electron chi connectivity index (χ0n) is 15.6. The Morgan fingerprint density at radius 3 is 2.61 bits per heavy atom. The van der Waals surface area contributed by atoms with E-state index >= 15 is 0 Å². The van der Waals surface area contributed by atoms with Gasteiger partial charge >= 0.3 is 4.87 Å². The van der Waals surface area contributed by atoms with Crippen molar-refractivity contribution in [3.05, 3.63) is 63.2 Å².